The fourth-order valence-electron chi connectivity index (χ4n) is 1.29. The fourth-order valence-corrected chi connectivity index (χ4v) is 2.51. The normalized spacial score (nSPS) is 13.6. The second kappa shape index (κ2) is 4.14. The van der Waals surface area contributed by atoms with Crippen LogP contribution >= 0.6 is 11.3 Å². The van der Waals surface area contributed by atoms with E-state index in [0.29, 0.717) is 11.8 Å². The molecule has 0 fully saturated rings. The summed E-state index contributed by atoms with van der Waals surface area (Å²) in [7, 11) is 0. The van der Waals surface area contributed by atoms with Crippen LogP contribution in [0.5, 0.6) is 0 Å². The van der Waals surface area contributed by atoms with Crippen molar-refractivity contribution in [1.82, 2.24) is 0 Å². The van der Waals surface area contributed by atoms with Gasteiger partial charge in [0.1, 0.15) is 0 Å². The highest BCUT2D eigenvalue weighted by molar-refractivity contribution is 7.12. The maximum atomic E-state index is 5.97. The van der Waals surface area contributed by atoms with Crippen LogP contribution in [0.4, 0.5) is 5.69 Å². The molecular weight excluding hydrogens is 178 g/mol. The van der Waals surface area contributed by atoms with Crippen LogP contribution < -0.4 is 5.73 Å². The van der Waals surface area contributed by atoms with Crippen LogP contribution in [0.15, 0.2) is 6.07 Å². The van der Waals surface area contributed by atoms with E-state index in [2.05, 4.69) is 33.8 Å². The molecule has 1 rings (SSSR count). The summed E-state index contributed by atoms with van der Waals surface area (Å²) >= 11 is 1.88. The van der Waals surface area contributed by atoms with Crippen molar-refractivity contribution in [2.24, 2.45) is 0 Å². The molecule has 0 bridgehead atoms. The summed E-state index contributed by atoms with van der Waals surface area (Å²) in [4.78, 5) is 2.78. The summed E-state index contributed by atoms with van der Waals surface area (Å²) < 4.78 is 0. The van der Waals surface area contributed by atoms with Gasteiger partial charge in [0.2, 0.25) is 0 Å². The largest absolute Gasteiger partial charge is 0.398 e. The lowest BCUT2D eigenvalue weighted by molar-refractivity contribution is 0.750. The van der Waals surface area contributed by atoms with E-state index in [1.807, 2.05) is 11.3 Å². The Labute approximate surface area is 85.0 Å². The maximum absolute atomic E-state index is 5.97. The number of nitrogen functional groups attached to an aromatic ring is 1. The van der Waals surface area contributed by atoms with Gasteiger partial charge >= 0.3 is 0 Å². The fraction of sp³-hybridized carbons (Fsp3) is 0.636. The molecular formula is C11H19NS. The van der Waals surface area contributed by atoms with Crippen LogP contribution in [0, 0.1) is 0 Å². The Bertz CT molecular complexity index is 276. The van der Waals surface area contributed by atoms with Gasteiger partial charge in [-0.1, -0.05) is 27.7 Å². The number of nitrogens with two attached hydrogens (primary N) is 1. The number of rotatable bonds is 3. The van der Waals surface area contributed by atoms with Crippen molar-refractivity contribution < 1.29 is 0 Å². The van der Waals surface area contributed by atoms with Crippen molar-refractivity contribution in [2.45, 2.75) is 46.0 Å². The number of anilines is 1. The Balaban J connectivity index is 2.96. The molecule has 0 saturated carbocycles. The second-order valence-corrected chi connectivity index (χ2v) is 5.05. The van der Waals surface area contributed by atoms with E-state index in [-0.39, 0.29) is 0 Å². The zero-order valence-corrected chi connectivity index (χ0v) is 9.74. The van der Waals surface area contributed by atoms with E-state index in [4.69, 9.17) is 5.73 Å². The van der Waals surface area contributed by atoms with Crippen LogP contribution in [0.2, 0.25) is 0 Å². The van der Waals surface area contributed by atoms with Crippen LogP contribution in [0.25, 0.3) is 0 Å². The summed E-state index contributed by atoms with van der Waals surface area (Å²) in [6, 6.07) is 2.14. The van der Waals surface area contributed by atoms with Crippen LogP contribution in [-0.4, -0.2) is 0 Å². The summed E-state index contributed by atoms with van der Waals surface area (Å²) in [5.41, 5.74) is 6.96. The molecule has 1 aromatic rings. The van der Waals surface area contributed by atoms with Crippen molar-refractivity contribution in [3.63, 3.8) is 0 Å². The Kier molecular flexibility index (Phi) is 3.37. The minimum Gasteiger partial charge on any atom is -0.398 e. The number of hydrogen-bond acceptors (Lipinski definition) is 2. The minimum absolute atomic E-state index is 0.602. The molecule has 0 amide bonds. The van der Waals surface area contributed by atoms with Crippen molar-refractivity contribution in [1.29, 1.82) is 0 Å². The van der Waals surface area contributed by atoms with E-state index in [1.165, 1.54) is 16.2 Å². The smallest absolute Gasteiger partial charge is 0.0461 e. The molecule has 1 heterocycles. The molecule has 1 aromatic heterocycles. The molecule has 0 aromatic carbocycles. The molecule has 1 unspecified atom stereocenters. The Morgan fingerprint density at radius 3 is 2.38 bits per heavy atom. The van der Waals surface area contributed by atoms with Crippen LogP contribution in [0.3, 0.4) is 0 Å². The molecule has 0 aliphatic heterocycles. The lowest BCUT2D eigenvalue weighted by Crippen LogP contribution is -1.92. The van der Waals surface area contributed by atoms with Crippen molar-refractivity contribution in [3.05, 3.63) is 15.8 Å². The number of hydrogen-bond donors (Lipinski definition) is 1. The lowest BCUT2D eigenvalue weighted by atomic mass is 10.1. The third-order valence-electron chi connectivity index (χ3n) is 2.44. The maximum Gasteiger partial charge on any atom is 0.0461 e. The molecule has 13 heavy (non-hydrogen) atoms. The van der Waals surface area contributed by atoms with Crippen molar-refractivity contribution in [2.75, 3.05) is 5.73 Å². The first-order valence-electron chi connectivity index (χ1n) is 4.95. The van der Waals surface area contributed by atoms with Gasteiger partial charge in [-0.3, -0.25) is 0 Å². The molecule has 2 heteroatoms. The van der Waals surface area contributed by atoms with E-state index in [0.717, 1.165) is 5.69 Å². The Hall–Kier alpha value is -0.500. The first kappa shape index (κ1) is 10.6. The van der Waals surface area contributed by atoms with Gasteiger partial charge in [-0.2, -0.15) is 0 Å². The SMILES string of the molecule is CCC(C)c1sc(C(C)C)cc1N. The van der Waals surface area contributed by atoms with Crippen LogP contribution in [0.1, 0.15) is 55.7 Å². The predicted molar refractivity (Wildman–Crippen MR) is 61.5 cm³/mol. The number of thiophene rings is 1. The lowest BCUT2D eigenvalue weighted by Gasteiger charge is -2.06. The molecule has 74 valence electrons. The van der Waals surface area contributed by atoms with Gasteiger partial charge in [0.15, 0.2) is 0 Å². The molecule has 0 radical (unpaired) electrons. The molecule has 2 N–H and O–H groups in total. The average Bonchev–Trinajstić information content (AvgIpc) is 2.46. The van der Waals surface area contributed by atoms with E-state index >= 15 is 0 Å². The van der Waals surface area contributed by atoms with Gasteiger partial charge in [-0.05, 0) is 24.3 Å². The predicted octanol–water partition coefficient (Wildman–Crippen LogP) is 3.97. The highest BCUT2D eigenvalue weighted by Gasteiger charge is 2.13. The summed E-state index contributed by atoms with van der Waals surface area (Å²) in [6.45, 7) is 8.88. The van der Waals surface area contributed by atoms with Gasteiger partial charge in [0.25, 0.3) is 0 Å². The first-order chi connectivity index (χ1) is 6.06. The van der Waals surface area contributed by atoms with E-state index in [9.17, 15) is 0 Å². The molecule has 1 nitrogen and oxygen atoms in total. The Morgan fingerprint density at radius 1 is 1.38 bits per heavy atom. The first-order valence-corrected chi connectivity index (χ1v) is 5.77. The molecule has 1 atom stereocenters. The topological polar surface area (TPSA) is 26.0 Å². The molecule has 0 aliphatic rings. The van der Waals surface area contributed by atoms with Gasteiger partial charge < -0.3 is 5.73 Å². The standard InChI is InChI=1S/C11H19NS/c1-5-8(4)11-9(12)6-10(13-11)7(2)3/h6-8H,5,12H2,1-4H3. The highest BCUT2D eigenvalue weighted by atomic mass is 32.1. The zero-order chi connectivity index (χ0) is 10.0. The van der Waals surface area contributed by atoms with E-state index < -0.39 is 0 Å². The average molecular weight is 197 g/mol. The highest BCUT2D eigenvalue weighted by Crippen LogP contribution is 2.36. The quantitative estimate of drug-likeness (QED) is 0.779. The zero-order valence-electron chi connectivity index (χ0n) is 8.92. The third kappa shape index (κ3) is 2.25. The van der Waals surface area contributed by atoms with Gasteiger partial charge in [-0.15, -0.1) is 11.3 Å². The van der Waals surface area contributed by atoms with Crippen LogP contribution in [-0.2, 0) is 0 Å². The second-order valence-electron chi connectivity index (χ2n) is 3.93. The minimum atomic E-state index is 0.602. The van der Waals surface area contributed by atoms with Crippen molar-refractivity contribution >= 4 is 17.0 Å². The Morgan fingerprint density at radius 2 is 2.00 bits per heavy atom. The van der Waals surface area contributed by atoms with Crippen molar-refractivity contribution in [3.8, 4) is 0 Å². The van der Waals surface area contributed by atoms with Gasteiger partial charge in [-0.25, -0.2) is 0 Å². The molecule has 0 saturated heterocycles. The molecule has 0 aliphatic carbocycles. The summed E-state index contributed by atoms with van der Waals surface area (Å²) in [5, 5.41) is 0. The third-order valence-corrected chi connectivity index (χ3v) is 4.12. The summed E-state index contributed by atoms with van der Waals surface area (Å²) in [6.07, 6.45) is 1.17. The van der Waals surface area contributed by atoms with Gasteiger partial charge in [0.05, 0.1) is 0 Å². The monoisotopic (exact) mass is 197 g/mol. The molecule has 0 spiro atoms. The summed E-state index contributed by atoms with van der Waals surface area (Å²) in [5.74, 6) is 1.21. The van der Waals surface area contributed by atoms with Gasteiger partial charge in [0, 0.05) is 15.4 Å². The van der Waals surface area contributed by atoms with E-state index in [1.54, 1.807) is 0 Å².